The van der Waals surface area contributed by atoms with Crippen LogP contribution in [0.1, 0.15) is 5.56 Å². The maximum absolute atomic E-state index is 9.51. The molecule has 3 heteroatoms. The molecule has 0 amide bonds. The maximum atomic E-state index is 9.51. The molecule has 0 aliphatic carbocycles. The Bertz CT molecular complexity index is 794. The number of aliphatic hydroxyl groups excluding tert-OH is 1. The van der Waals surface area contributed by atoms with Gasteiger partial charge in [-0.1, -0.05) is 30.3 Å². The fraction of sp³-hybridized carbons (Fsp3) is 0.111. The number of hydrogen-bond donors (Lipinski definition) is 2. The average molecular weight is 280 g/mol. The van der Waals surface area contributed by atoms with Gasteiger partial charge in [0, 0.05) is 5.56 Å². The summed E-state index contributed by atoms with van der Waals surface area (Å²) in [5, 5.41) is 20.8. The van der Waals surface area contributed by atoms with Gasteiger partial charge in [-0.05, 0) is 46.2 Å². The van der Waals surface area contributed by atoms with E-state index >= 15 is 0 Å². The standard InChI is InChI=1S/C18H16O3/c1-21-18-8-12(11-19)2-7-17(18)15-4-3-14-10-16(20)6-5-13(14)9-15/h2-10,19-20H,11H2,1H3. The van der Waals surface area contributed by atoms with Gasteiger partial charge in [-0.2, -0.15) is 0 Å². The fourth-order valence-electron chi connectivity index (χ4n) is 2.47. The van der Waals surface area contributed by atoms with Crippen LogP contribution in [0.3, 0.4) is 0 Å². The van der Waals surface area contributed by atoms with Crippen molar-refractivity contribution in [3.05, 3.63) is 60.2 Å². The predicted octanol–water partition coefficient (Wildman–Crippen LogP) is 3.71. The molecule has 21 heavy (non-hydrogen) atoms. The molecule has 0 spiro atoms. The number of rotatable bonds is 3. The SMILES string of the molecule is COc1cc(CO)ccc1-c1ccc2cc(O)ccc2c1. The van der Waals surface area contributed by atoms with Crippen molar-refractivity contribution in [2.24, 2.45) is 0 Å². The van der Waals surface area contributed by atoms with Crippen LogP contribution in [-0.2, 0) is 6.61 Å². The zero-order chi connectivity index (χ0) is 14.8. The van der Waals surface area contributed by atoms with Crippen molar-refractivity contribution in [2.45, 2.75) is 6.61 Å². The van der Waals surface area contributed by atoms with E-state index in [4.69, 9.17) is 4.74 Å². The summed E-state index contributed by atoms with van der Waals surface area (Å²) in [5.41, 5.74) is 2.83. The average Bonchev–Trinajstić information content (AvgIpc) is 2.53. The zero-order valence-corrected chi connectivity index (χ0v) is 11.7. The van der Waals surface area contributed by atoms with E-state index in [-0.39, 0.29) is 12.4 Å². The fourth-order valence-corrected chi connectivity index (χ4v) is 2.47. The summed E-state index contributed by atoms with van der Waals surface area (Å²) in [6, 6.07) is 17.0. The van der Waals surface area contributed by atoms with Gasteiger partial charge >= 0.3 is 0 Å². The Morgan fingerprint density at radius 3 is 2.43 bits per heavy atom. The van der Waals surface area contributed by atoms with Gasteiger partial charge in [0.05, 0.1) is 13.7 Å². The molecule has 3 aromatic rings. The Morgan fingerprint density at radius 1 is 0.905 bits per heavy atom. The smallest absolute Gasteiger partial charge is 0.127 e. The highest BCUT2D eigenvalue weighted by Crippen LogP contribution is 2.33. The lowest BCUT2D eigenvalue weighted by Gasteiger charge is -2.11. The van der Waals surface area contributed by atoms with E-state index < -0.39 is 0 Å². The van der Waals surface area contributed by atoms with Gasteiger partial charge in [0.15, 0.2) is 0 Å². The third-order valence-electron chi connectivity index (χ3n) is 3.58. The van der Waals surface area contributed by atoms with Gasteiger partial charge < -0.3 is 14.9 Å². The van der Waals surface area contributed by atoms with Crippen LogP contribution in [0.4, 0.5) is 0 Å². The van der Waals surface area contributed by atoms with E-state index in [9.17, 15) is 10.2 Å². The number of benzene rings is 3. The molecule has 3 rings (SSSR count). The summed E-state index contributed by atoms with van der Waals surface area (Å²) >= 11 is 0. The molecular formula is C18H16O3. The summed E-state index contributed by atoms with van der Waals surface area (Å²) < 4.78 is 5.42. The van der Waals surface area contributed by atoms with Crippen molar-refractivity contribution in [2.75, 3.05) is 7.11 Å². The van der Waals surface area contributed by atoms with Crippen molar-refractivity contribution in [1.29, 1.82) is 0 Å². The predicted molar refractivity (Wildman–Crippen MR) is 83.5 cm³/mol. The molecule has 106 valence electrons. The maximum Gasteiger partial charge on any atom is 0.127 e. The second-order valence-electron chi connectivity index (χ2n) is 4.94. The summed E-state index contributed by atoms with van der Waals surface area (Å²) in [7, 11) is 1.62. The Balaban J connectivity index is 2.13. The van der Waals surface area contributed by atoms with Crippen molar-refractivity contribution < 1.29 is 14.9 Å². The summed E-state index contributed by atoms with van der Waals surface area (Å²) in [6.45, 7) is -0.00631. The molecule has 0 heterocycles. The van der Waals surface area contributed by atoms with E-state index in [1.165, 1.54) is 0 Å². The number of aliphatic hydroxyl groups is 1. The molecule has 0 bridgehead atoms. The lowest BCUT2D eigenvalue weighted by molar-refractivity contribution is 0.281. The second kappa shape index (κ2) is 5.46. The van der Waals surface area contributed by atoms with E-state index in [2.05, 4.69) is 6.07 Å². The molecule has 0 unspecified atom stereocenters. The van der Waals surface area contributed by atoms with Crippen LogP contribution in [-0.4, -0.2) is 17.3 Å². The Labute approximate surface area is 123 Å². The molecule has 2 N–H and O–H groups in total. The van der Waals surface area contributed by atoms with Crippen LogP contribution < -0.4 is 4.74 Å². The van der Waals surface area contributed by atoms with Crippen LogP contribution in [0.2, 0.25) is 0 Å². The molecule has 0 aliphatic rings. The van der Waals surface area contributed by atoms with Gasteiger partial charge in [0.25, 0.3) is 0 Å². The minimum atomic E-state index is -0.00631. The number of aromatic hydroxyl groups is 1. The molecule has 3 aromatic carbocycles. The Morgan fingerprint density at radius 2 is 1.67 bits per heavy atom. The van der Waals surface area contributed by atoms with Crippen molar-refractivity contribution in [1.82, 2.24) is 0 Å². The number of ether oxygens (including phenoxy) is 1. The molecular weight excluding hydrogens is 264 g/mol. The Kier molecular flexibility index (Phi) is 3.50. The van der Waals surface area contributed by atoms with Crippen LogP contribution >= 0.6 is 0 Å². The highest BCUT2D eigenvalue weighted by Gasteiger charge is 2.08. The first kappa shape index (κ1) is 13.5. The topological polar surface area (TPSA) is 49.7 Å². The molecule has 0 aromatic heterocycles. The minimum absolute atomic E-state index is 0.00631. The first-order valence-electron chi connectivity index (χ1n) is 6.72. The van der Waals surface area contributed by atoms with E-state index in [1.54, 1.807) is 19.2 Å². The van der Waals surface area contributed by atoms with Gasteiger partial charge in [-0.15, -0.1) is 0 Å². The van der Waals surface area contributed by atoms with E-state index in [1.807, 2.05) is 36.4 Å². The molecule has 0 atom stereocenters. The summed E-state index contributed by atoms with van der Waals surface area (Å²) in [4.78, 5) is 0. The molecule has 0 radical (unpaired) electrons. The highest BCUT2D eigenvalue weighted by molar-refractivity contribution is 5.89. The van der Waals surface area contributed by atoms with E-state index in [0.717, 1.165) is 33.2 Å². The van der Waals surface area contributed by atoms with Crippen LogP contribution in [0.15, 0.2) is 54.6 Å². The first-order valence-corrected chi connectivity index (χ1v) is 6.72. The van der Waals surface area contributed by atoms with E-state index in [0.29, 0.717) is 0 Å². The molecule has 0 fully saturated rings. The number of methoxy groups -OCH3 is 1. The van der Waals surface area contributed by atoms with Crippen molar-refractivity contribution >= 4 is 10.8 Å². The molecule has 0 aliphatic heterocycles. The largest absolute Gasteiger partial charge is 0.508 e. The lowest BCUT2D eigenvalue weighted by atomic mass is 9.99. The quantitative estimate of drug-likeness (QED) is 0.769. The molecule has 3 nitrogen and oxygen atoms in total. The second-order valence-corrected chi connectivity index (χ2v) is 4.94. The number of phenols is 1. The Hall–Kier alpha value is -2.52. The zero-order valence-electron chi connectivity index (χ0n) is 11.7. The first-order chi connectivity index (χ1) is 10.2. The molecule has 0 saturated carbocycles. The number of phenolic OH excluding ortho intramolecular Hbond substituents is 1. The highest BCUT2D eigenvalue weighted by atomic mass is 16.5. The lowest BCUT2D eigenvalue weighted by Crippen LogP contribution is -1.91. The third-order valence-corrected chi connectivity index (χ3v) is 3.58. The van der Waals surface area contributed by atoms with Crippen LogP contribution in [0.5, 0.6) is 11.5 Å². The monoisotopic (exact) mass is 280 g/mol. The van der Waals surface area contributed by atoms with Crippen LogP contribution in [0.25, 0.3) is 21.9 Å². The third kappa shape index (κ3) is 2.56. The van der Waals surface area contributed by atoms with Gasteiger partial charge in [-0.25, -0.2) is 0 Å². The molecule has 0 saturated heterocycles. The minimum Gasteiger partial charge on any atom is -0.508 e. The number of hydrogen-bond acceptors (Lipinski definition) is 3. The van der Waals surface area contributed by atoms with Gasteiger partial charge in [0.1, 0.15) is 11.5 Å². The van der Waals surface area contributed by atoms with Crippen molar-refractivity contribution in [3.63, 3.8) is 0 Å². The summed E-state index contributed by atoms with van der Waals surface area (Å²) in [5.74, 6) is 1.000. The van der Waals surface area contributed by atoms with Gasteiger partial charge in [-0.3, -0.25) is 0 Å². The van der Waals surface area contributed by atoms with Crippen molar-refractivity contribution in [3.8, 4) is 22.6 Å². The van der Waals surface area contributed by atoms with Crippen LogP contribution in [0, 0.1) is 0 Å². The summed E-state index contributed by atoms with van der Waals surface area (Å²) in [6.07, 6.45) is 0. The normalized spacial score (nSPS) is 10.8. The number of fused-ring (bicyclic) bond motifs is 1. The van der Waals surface area contributed by atoms with Gasteiger partial charge in [0.2, 0.25) is 0 Å².